The number of carbonyl (C=O) groups excluding carboxylic acids is 1. The lowest BCUT2D eigenvalue weighted by molar-refractivity contribution is -0.132. The second kappa shape index (κ2) is 11.1. The number of alkyl halides is 1. The number of halogens is 1. The van der Waals surface area contributed by atoms with Gasteiger partial charge in [0, 0.05) is 31.1 Å². The average Bonchev–Trinajstić information content (AvgIpc) is 3.32. The molecular formula is C35H43FN2O3. The van der Waals surface area contributed by atoms with E-state index < -0.39 is 23.0 Å². The van der Waals surface area contributed by atoms with Crippen molar-refractivity contribution >= 4 is 11.5 Å². The van der Waals surface area contributed by atoms with Gasteiger partial charge < -0.3 is 10.0 Å². The summed E-state index contributed by atoms with van der Waals surface area (Å²) in [6.45, 7) is 6.04. The van der Waals surface area contributed by atoms with Crippen LogP contribution in [0.25, 0.3) is 0 Å². The number of fused-ring (bicyclic) bond motifs is 4. The first-order valence-electron chi connectivity index (χ1n) is 15.8. The van der Waals surface area contributed by atoms with Gasteiger partial charge in [-0.25, -0.2) is 4.39 Å². The van der Waals surface area contributed by atoms with Crippen molar-refractivity contribution in [1.29, 1.82) is 0 Å². The monoisotopic (exact) mass is 558 g/mol. The number of nitroso groups, excluding NO2 is 1. The van der Waals surface area contributed by atoms with Crippen LogP contribution in [0.3, 0.4) is 0 Å². The van der Waals surface area contributed by atoms with Gasteiger partial charge in [-0.15, -0.1) is 0 Å². The van der Waals surface area contributed by atoms with E-state index in [4.69, 9.17) is 0 Å². The molecule has 0 aromatic heterocycles. The topological polar surface area (TPSA) is 70.0 Å². The Morgan fingerprint density at radius 2 is 1.93 bits per heavy atom. The molecule has 0 radical (unpaired) electrons. The second-order valence-corrected chi connectivity index (χ2v) is 13.2. The van der Waals surface area contributed by atoms with Gasteiger partial charge >= 0.3 is 0 Å². The minimum atomic E-state index is -1.13. The molecule has 1 saturated heterocycles. The number of nitrogens with zero attached hydrogens (tertiary/aromatic N) is 2. The summed E-state index contributed by atoms with van der Waals surface area (Å²) in [6, 6.07) is 8.53. The van der Waals surface area contributed by atoms with Gasteiger partial charge in [-0.2, -0.15) is 4.91 Å². The molecule has 5 aliphatic rings. The lowest BCUT2D eigenvalue weighted by Crippen LogP contribution is -2.51. The molecular weight excluding hydrogens is 515 g/mol. The van der Waals surface area contributed by atoms with Crippen molar-refractivity contribution in [2.75, 3.05) is 24.6 Å². The molecule has 3 fully saturated rings. The van der Waals surface area contributed by atoms with Crippen LogP contribution >= 0.6 is 0 Å². The van der Waals surface area contributed by atoms with Gasteiger partial charge in [0.15, 0.2) is 5.78 Å². The fourth-order valence-electron chi connectivity index (χ4n) is 9.46. The molecule has 6 heteroatoms. The van der Waals surface area contributed by atoms with Crippen LogP contribution in [0.2, 0.25) is 0 Å². The summed E-state index contributed by atoms with van der Waals surface area (Å²) in [6.07, 6.45) is 8.71. The molecule has 218 valence electrons. The Morgan fingerprint density at radius 3 is 2.61 bits per heavy atom. The summed E-state index contributed by atoms with van der Waals surface area (Å²) in [5.41, 5.74) is 4.30. The number of carbonyl (C=O) groups is 1. The SMILES string of the molecule is CCC(=O)[C@@]1(C#CCO)CC[C@H]2[C@@H]3CC(F)C4=CC(N=O)CCC4=C3C(c3ccc(N4CCCCC4)cc3)C[C@@]21C. The number of allylic oxidation sites excluding steroid dienone is 3. The molecule has 3 unspecified atom stereocenters. The molecule has 5 nitrogen and oxygen atoms in total. The normalized spacial score (nSPS) is 36.3. The molecule has 4 aliphatic carbocycles. The fraction of sp³-hybridized carbons (Fsp3) is 0.629. The number of hydrogen-bond acceptors (Lipinski definition) is 5. The Morgan fingerprint density at radius 1 is 1.17 bits per heavy atom. The minimum Gasteiger partial charge on any atom is -0.384 e. The van der Waals surface area contributed by atoms with E-state index in [1.807, 2.05) is 6.92 Å². The molecule has 41 heavy (non-hydrogen) atoms. The molecule has 1 aliphatic heterocycles. The predicted octanol–water partition coefficient (Wildman–Crippen LogP) is 7.05. The van der Waals surface area contributed by atoms with Crippen molar-refractivity contribution in [2.45, 2.75) is 96.2 Å². The van der Waals surface area contributed by atoms with Gasteiger partial charge in [0.05, 0.1) is 5.41 Å². The molecule has 0 amide bonds. The molecule has 6 rings (SSSR count). The van der Waals surface area contributed by atoms with Crippen molar-refractivity contribution in [1.82, 2.24) is 0 Å². The van der Waals surface area contributed by atoms with Crippen LogP contribution in [0.5, 0.6) is 0 Å². The third-order valence-electron chi connectivity index (χ3n) is 11.4. The number of anilines is 1. The molecule has 1 aromatic rings. The standard InChI is InChI=1S/C35H43FN2O3/c1-3-32(40)35(15-7-19-39)16-14-30-28-21-31(36)27-20-24(37-41)10-13-26(27)33(28)29(22-34(30,35)2)23-8-11-25(12-9-23)38-17-5-4-6-18-38/h8-9,11-12,20,24,28-31,39H,3-6,10,13-14,16-19,21-22H2,1-2H3/t24?,28-,29?,30-,31?,34-,35+/m0/s1. The largest absolute Gasteiger partial charge is 0.384 e. The first-order valence-corrected chi connectivity index (χ1v) is 15.8. The summed E-state index contributed by atoms with van der Waals surface area (Å²) in [7, 11) is 0. The molecule has 0 bridgehead atoms. The number of hydrogen-bond donors (Lipinski definition) is 1. The number of ketones is 1. The zero-order valence-electron chi connectivity index (χ0n) is 24.5. The summed E-state index contributed by atoms with van der Waals surface area (Å²) in [4.78, 5) is 27.6. The quantitative estimate of drug-likeness (QED) is 0.311. The van der Waals surface area contributed by atoms with E-state index >= 15 is 4.39 Å². The van der Waals surface area contributed by atoms with Gasteiger partial charge in [0.1, 0.15) is 18.8 Å². The first-order chi connectivity index (χ1) is 19.9. The van der Waals surface area contributed by atoms with E-state index in [1.54, 1.807) is 6.08 Å². The maximum Gasteiger partial charge on any atom is 0.151 e. The number of Topliss-reactive ketones (excluding diaryl/α,β-unsaturated/α-hetero) is 1. The Bertz CT molecular complexity index is 1320. The second-order valence-electron chi connectivity index (χ2n) is 13.2. The van der Waals surface area contributed by atoms with Gasteiger partial charge in [-0.1, -0.05) is 54.6 Å². The maximum atomic E-state index is 16.0. The lowest BCUT2D eigenvalue weighted by Gasteiger charge is -2.55. The molecule has 1 N–H and O–H groups in total. The smallest absolute Gasteiger partial charge is 0.151 e. The Labute approximate surface area is 243 Å². The number of aliphatic hydroxyl groups excluding tert-OH is 1. The highest BCUT2D eigenvalue weighted by molar-refractivity contribution is 5.89. The third-order valence-corrected chi connectivity index (χ3v) is 11.4. The van der Waals surface area contributed by atoms with Crippen LogP contribution < -0.4 is 4.90 Å². The van der Waals surface area contributed by atoms with Gasteiger partial charge in [-0.3, -0.25) is 4.79 Å². The minimum absolute atomic E-state index is 0.0193. The van der Waals surface area contributed by atoms with Crippen LogP contribution in [0.1, 0.15) is 89.5 Å². The van der Waals surface area contributed by atoms with Crippen molar-refractivity contribution in [3.8, 4) is 11.8 Å². The van der Waals surface area contributed by atoms with Crippen LogP contribution in [0, 0.1) is 39.4 Å². The van der Waals surface area contributed by atoms with Crippen LogP contribution in [0.4, 0.5) is 10.1 Å². The van der Waals surface area contributed by atoms with E-state index in [9.17, 15) is 14.8 Å². The van der Waals surface area contributed by atoms with Crippen LogP contribution in [-0.2, 0) is 4.79 Å². The Kier molecular flexibility index (Phi) is 7.70. The number of benzene rings is 1. The molecule has 1 heterocycles. The van der Waals surface area contributed by atoms with Crippen molar-refractivity contribution < 1.29 is 14.3 Å². The molecule has 1 aromatic carbocycles. The zero-order valence-corrected chi connectivity index (χ0v) is 24.5. The fourth-order valence-corrected chi connectivity index (χ4v) is 9.46. The molecule has 0 spiro atoms. The van der Waals surface area contributed by atoms with E-state index in [1.165, 1.54) is 36.1 Å². The first kappa shape index (κ1) is 28.3. The van der Waals surface area contributed by atoms with E-state index in [0.717, 1.165) is 31.5 Å². The zero-order chi connectivity index (χ0) is 28.8. The van der Waals surface area contributed by atoms with Crippen molar-refractivity contribution in [2.24, 2.45) is 27.8 Å². The molecule has 2 saturated carbocycles. The van der Waals surface area contributed by atoms with Crippen molar-refractivity contribution in [3.05, 3.63) is 57.5 Å². The highest BCUT2D eigenvalue weighted by Crippen LogP contribution is 2.70. The average molecular weight is 559 g/mol. The number of aliphatic hydroxyl groups is 1. The highest BCUT2D eigenvalue weighted by Gasteiger charge is 2.65. The summed E-state index contributed by atoms with van der Waals surface area (Å²) in [5, 5.41) is 12.9. The number of rotatable bonds is 5. The lowest BCUT2D eigenvalue weighted by atomic mass is 9.48. The van der Waals surface area contributed by atoms with Gasteiger partial charge in [0.25, 0.3) is 0 Å². The van der Waals surface area contributed by atoms with Crippen LogP contribution in [0.15, 0.2) is 52.2 Å². The van der Waals surface area contributed by atoms with E-state index in [2.05, 4.69) is 53.1 Å². The van der Waals surface area contributed by atoms with E-state index in [0.29, 0.717) is 37.7 Å². The highest BCUT2D eigenvalue weighted by atomic mass is 19.1. The van der Waals surface area contributed by atoms with Crippen molar-refractivity contribution in [3.63, 3.8) is 0 Å². The predicted molar refractivity (Wildman–Crippen MR) is 160 cm³/mol. The summed E-state index contributed by atoms with van der Waals surface area (Å²) >= 11 is 0. The Balaban J connectivity index is 1.49. The van der Waals surface area contributed by atoms with E-state index in [-0.39, 0.29) is 30.1 Å². The van der Waals surface area contributed by atoms with Gasteiger partial charge in [-0.05, 0) is 104 Å². The Hall–Kier alpha value is -2.78. The van der Waals surface area contributed by atoms with Gasteiger partial charge in [0.2, 0.25) is 0 Å². The molecule has 7 atom stereocenters. The maximum absolute atomic E-state index is 16.0. The summed E-state index contributed by atoms with van der Waals surface area (Å²) in [5.74, 6) is 6.54. The third kappa shape index (κ3) is 4.51. The number of piperidine rings is 1. The summed E-state index contributed by atoms with van der Waals surface area (Å²) < 4.78 is 16.0. The van der Waals surface area contributed by atoms with Crippen LogP contribution in [-0.4, -0.2) is 42.8 Å².